The van der Waals surface area contributed by atoms with Crippen LogP contribution in [-0.4, -0.2) is 15.0 Å². The maximum atomic E-state index is 5.00. The zero-order valence-electron chi connectivity index (χ0n) is 36.4. The highest BCUT2D eigenvalue weighted by Crippen LogP contribution is 2.63. The Hall–Kier alpha value is -8.79. The standard InChI is InChI=1S/C64H39N3/c1-3-16-41(17-4-1)61-65-62(42-18-5-2-6-19-42)67-63(66-61)43-32-30-40(31-33-43)46-25-15-26-52-47-20-7-8-21-48(47)54-38-44(34-36-53(54)60(46)52)45-35-37-59-55(39-45)51-24-11-14-29-58(51)64(59)56-27-12-9-22-49(56)50-23-10-13-28-57(50)64/h1-39H. The predicted octanol–water partition coefficient (Wildman–Crippen LogP) is 16.0. The first-order chi connectivity index (χ1) is 33.2. The Morgan fingerprint density at radius 2 is 0.612 bits per heavy atom. The molecule has 2 aliphatic rings. The molecule has 0 atom stereocenters. The van der Waals surface area contributed by atoms with Crippen molar-refractivity contribution in [3.8, 4) is 78.7 Å². The fourth-order valence-corrected chi connectivity index (χ4v) is 11.4. The van der Waals surface area contributed by atoms with Crippen molar-refractivity contribution in [2.45, 2.75) is 5.41 Å². The van der Waals surface area contributed by atoms with E-state index in [0.29, 0.717) is 17.5 Å². The van der Waals surface area contributed by atoms with Gasteiger partial charge in [0.15, 0.2) is 17.5 Å². The molecule has 14 rings (SSSR count). The van der Waals surface area contributed by atoms with Crippen molar-refractivity contribution < 1.29 is 0 Å². The Balaban J connectivity index is 0.905. The highest BCUT2D eigenvalue weighted by Gasteiger charge is 2.51. The van der Waals surface area contributed by atoms with Crippen LogP contribution in [-0.2, 0) is 5.41 Å². The normalized spacial score (nSPS) is 12.9. The fourth-order valence-electron chi connectivity index (χ4n) is 11.4. The average Bonchev–Trinajstić information content (AvgIpc) is 3.88. The van der Waals surface area contributed by atoms with E-state index in [0.717, 1.165) is 22.3 Å². The van der Waals surface area contributed by atoms with Crippen LogP contribution in [0, 0.1) is 0 Å². The topological polar surface area (TPSA) is 38.7 Å². The third-order valence-electron chi connectivity index (χ3n) is 14.3. The van der Waals surface area contributed by atoms with Crippen LogP contribution in [0.25, 0.3) is 111 Å². The van der Waals surface area contributed by atoms with E-state index in [1.54, 1.807) is 0 Å². The number of hydrogen-bond donors (Lipinski definition) is 0. The third kappa shape index (κ3) is 5.55. The summed E-state index contributed by atoms with van der Waals surface area (Å²) in [5.41, 5.74) is 17.9. The molecule has 0 saturated carbocycles. The molecule has 0 amide bonds. The van der Waals surface area contributed by atoms with Crippen molar-refractivity contribution in [2.24, 2.45) is 0 Å². The van der Waals surface area contributed by atoms with Gasteiger partial charge in [-0.25, -0.2) is 15.0 Å². The number of fused-ring (bicyclic) bond motifs is 16. The molecule has 2 aliphatic carbocycles. The second kappa shape index (κ2) is 14.6. The molecule has 0 bridgehead atoms. The SMILES string of the molecule is c1ccc(-c2nc(-c3ccccc3)nc(-c3ccc(-c4cccc5c6ccccc6c6cc(-c7ccc8c(c7)-c7ccccc7C87c8ccccc8-c8ccccc87)ccc6c45)cc3)n2)cc1. The van der Waals surface area contributed by atoms with Gasteiger partial charge in [-0.05, 0) is 111 Å². The molecule has 310 valence electrons. The lowest BCUT2D eigenvalue weighted by Gasteiger charge is -2.30. The number of rotatable bonds is 5. The van der Waals surface area contributed by atoms with E-state index in [9.17, 15) is 0 Å². The number of aromatic nitrogens is 3. The average molecular weight is 850 g/mol. The molecule has 0 aliphatic heterocycles. The lowest BCUT2D eigenvalue weighted by Crippen LogP contribution is -2.25. The first kappa shape index (κ1) is 37.6. The molecule has 1 heterocycles. The molecule has 0 radical (unpaired) electrons. The van der Waals surface area contributed by atoms with Crippen molar-refractivity contribution in [2.75, 3.05) is 0 Å². The van der Waals surface area contributed by atoms with E-state index in [-0.39, 0.29) is 5.41 Å². The summed E-state index contributed by atoms with van der Waals surface area (Å²) in [4.78, 5) is 14.9. The molecular weight excluding hydrogens is 811 g/mol. The van der Waals surface area contributed by atoms with E-state index in [1.807, 2.05) is 60.7 Å². The Morgan fingerprint density at radius 3 is 1.21 bits per heavy atom. The van der Waals surface area contributed by atoms with Gasteiger partial charge in [0.2, 0.25) is 0 Å². The molecule has 0 saturated heterocycles. The van der Waals surface area contributed by atoms with E-state index >= 15 is 0 Å². The van der Waals surface area contributed by atoms with Gasteiger partial charge < -0.3 is 0 Å². The van der Waals surface area contributed by atoms with E-state index in [4.69, 9.17) is 15.0 Å². The largest absolute Gasteiger partial charge is 0.208 e. The van der Waals surface area contributed by atoms with Gasteiger partial charge in [0.1, 0.15) is 0 Å². The minimum atomic E-state index is -0.355. The minimum absolute atomic E-state index is 0.355. The van der Waals surface area contributed by atoms with Gasteiger partial charge in [0, 0.05) is 16.7 Å². The second-order valence-electron chi connectivity index (χ2n) is 17.8. The molecule has 0 unspecified atom stereocenters. The van der Waals surface area contributed by atoms with Crippen LogP contribution < -0.4 is 0 Å². The first-order valence-corrected chi connectivity index (χ1v) is 23.0. The summed E-state index contributed by atoms with van der Waals surface area (Å²) in [6, 6.07) is 86.0. The summed E-state index contributed by atoms with van der Waals surface area (Å²) < 4.78 is 0. The first-order valence-electron chi connectivity index (χ1n) is 23.0. The molecule has 0 N–H and O–H groups in total. The molecule has 1 spiro atoms. The van der Waals surface area contributed by atoms with Crippen LogP contribution in [0.1, 0.15) is 22.3 Å². The lowest BCUT2D eigenvalue weighted by molar-refractivity contribution is 0.794. The highest BCUT2D eigenvalue weighted by molar-refractivity contribution is 6.28. The molecular formula is C64H39N3. The summed E-state index contributed by atoms with van der Waals surface area (Å²) in [7, 11) is 0. The zero-order valence-corrected chi connectivity index (χ0v) is 36.4. The zero-order chi connectivity index (χ0) is 44.1. The van der Waals surface area contributed by atoms with Crippen molar-refractivity contribution in [1.82, 2.24) is 15.0 Å². The number of benzene rings is 11. The smallest absolute Gasteiger partial charge is 0.164 e. The maximum absolute atomic E-state index is 5.00. The van der Waals surface area contributed by atoms with Crippen LogP contribution in [0.2, 0.25) is 0 Å². The van der Waals surface area contributed by atoms with E-state index in [1.165, 1.54) is 93.5 Å². The fraction of sp³-hybridized carbons (Fsp3) is 0.0156. The highest BCUT2D eigenvalue weighted by atomic mass is 15.0. The molecule has 11 aromatic carbocycles. The van der Waals surface area contributed by atoms with Crippen LogP contribution in [0.15, 0.2) is 237 Å². The molecule has 1 aromatic heterocycles. The molecule has 12 aromatic rings. The molecule has 0 fully saturated rings. The van der Waals surface area contributed by atoms with Crippen molar-refractivity contribution in [3.63, 3.8) is 0 Å². The van der Waals surface area contributed by atoms with Gasteiger partial charge >= 0.3 is 0 Å². The van der Waals surface area contributed by atoms with E-state index in [2.05, 4.69) is 176 Å². The summed E-state index contributed by atoms with van der Waals surface area (Å²) >= 11 is 0. The van der Waals surface area contributed by atoms with E-state index < -0.39 is 0 Å². The molecule has 3 nitrogen and oxygen atoms in total. The predicted molar refractivity (Wildman–Crippen MR) is 276 cm³/mol. The quantitative estimate of drug-likeness (QED) is 0.162. The summed E-state index contributed by atoms with van der Waals surface area (Å²) in [6.45, 7) is 0. The minimum Gasteiger partial charge on any atom is -0.208 e. The lowest BCUT2D eigenvalue weighted by atomic mass is 9.70. The maximum Gasteiger partial charge on any atom is 0.164 e. The van der Waals surface area contributed by atoms with Gasteiger partial charge in [0.05, 0.1) is 5.41 Å². The Labute approximate surface area is 388 Å². The van der Waals surface area contributed by atoms with Gasteiger partial charge in [-0.3, -0.25) is 0 Å². The van der Waals surface area contributed by atoms with Crippen molar-refractivity contribution in [1.29, 1.82) is 0 Å². The Bertz CT molecular complexity index is 3860. The summed E-state index contributed by atoms with van der Waals surface area (Å²) in [6.07, 6.45) is 0. The van der Waals surface area contributed by atoms with Gasteiger partial charge in [-0.2, -0.15) is 0 Å². The molecule has 67 heavy (non-hydrogen) atoms. The van der Waals surface area contributed by atoms with Crippen LogP contribution >= 0.6 is 0 Å². The van der Waals surface area contributed by atoms with Crippen LogP contribution in [0.5, 0.6) is 0 Å². The van der Waals surface area contributed by atoms with Crippen molar-refractivity contribution in [3.05, 3.63) is 259 Å². The molecule has 3 heteroatoms. The van der Waals surface area contributed by atoms with Crippen LogP contribution in [0.4, 0.5) is 0 Å². The number of nitrogens with zero attached hydrogens (tertiary/aromatic N) is 3. The number of hydrogen-bond acceptors (Lipinski definition) is 3. The summed E-state index contributed by atoms with van der Waals surface area (Å²) in [5.74, 6) is 1.95. The van der Waals surface area contributed by atoms with Crippen molar-refractivity contribution >= 4 is 32.3 Å². The van der Waals surface area contributed by atoms with Crippen LogP contribution in [0.3, 0.4) is 0 Å². The monoisotopic (exact) mass is 849 g/mol. The Kier molecular flexibility index (Phi) is 8.20. The summed E-state index contributed by atoms with van der Waals surface area (Å²) in [5, 5.41) is 7.47. The Morgan fingerprint density at radius 1 is 0.224 bits per heavy atom. The van der Waals surface area contributed by atoms with Gasteiger partial charge in [0.25, 0.3) is 0 Å². The van der Waals surface area contributed by atoms with Gasteiger partial charge in [-0.1, -0.05) is 224 Å². The second-order valence-corrected chi connectivity index (χ2v) is 17.8. The third-order valence-corrected chi connectivity index (χ3v) is 14.3. The van der Waals surface area contributed by atoms with Gasteiger partial charge in [-0.15, -0.1) is 0 Å².